The van der Waals surface area contributed by atoms with Gasteiger partial charge in [-0.05, 0) is 18.2 Å². The van der Waals surface area contributed by atoms with Crippen LogP contribution < -0.4 is 15.5 Å². The summed E-state index contributed by atoms with van der Waals surface area (Å²) in [6, 6.07) is 8.41. The summed E-state index contributed by atoms with van der Waals surface area (Å²) in [4.78, 5) is 69.6. The van der Waals surface area contributed by atoms with Crippen molar-refractivity contribution in [3.8, 4) is 5.75 Å². The number of hydrazine groups is 1. The van der Waals surface area contributed by atoms with Crippen LogP contribution in [0.1, 0.15) is 16.8 Å². The summed E-state index contributed by atoms with van der Waals surface area (Å²) in [6.45, 7) is -0.994. The van der Waals surface area contributed by atoms with Gasteiger partial charge in [0.05, 0.1) is 29.4 Å². The fourth-order valence-electron chi connectivity index (χ4n) is 3.24. The molecule has 1 aliphatic heterocycles. The molecule has 15 nitrogen and oxygen atoms in total. The Labute approximate surface area is 202 Å². The van der Waals surface area contributed by atoms with E-state index in [9.17, 15) is 39.4 Å². The highest BCUT2D eigenvalue weighted by molar-refractivity contribution is 5.97. The van der Waals surface area contributed by atoms with Gasteiger partial charge in [0, 0.05) is 36.2 Å². The van der Waals surface area contributed by atoms with Gasteiger partial charge in [-0.3, -0.25) is 49.8 Å². The van der Waals surface area contributed by atoms with E-state index in [2.05, 4.69) is 10.7 Å². The zero-order valence-electron chi connectivity index (χ0n) is 18.7. The third kappa shape index (κ3) is 6.07. The molecule has 0 aromatic heterocycles. The van der Waals surface area contributed by atoms with Gasteiger partial charge < -0.3 is 14.8 Å². The molecule has 1 fully saturated rings. The number of amides is 3. The smallest absolute Gasteiger partial charge is 0.311 e. The van der Waals surface area contributed by atoms with Crippen molar-refractivity contribution in [1.82, 2.24) is 10.4 Å². The molecule has 3 rings (SSSR count). The van der Waals surface area contributed by atoms with Crippen molar-refractivity contribution in [3.05, 3.63) is 68.3 Å². The third-order valence-corrected chi connectivity index (χ3v) is 5.06. The number of carbonyl (C=O) groups excluding carboxylic acids is 4. The van der Waals surface area contributed by atoms with E-state index in [0.29, 0.717) is 0 Å². The number of rotatable bonds is 9. The highest BCUT2D eigenvalue weighted by atomic mass is 16.6. The second-order valence-corrected chi connectivity index (χ2v) is 7.45. The van der Waals surface area contributed by atoms with Crippen molar-refractivity contribution in [2.75, 3.05) is 25.6 Å². The third-order valence-electron chi connectivity index (χ3n) is 5.06. The molecule has 0 bridgehead atoms. The maximum Gasteiger partial charge on any atom is 0.311 e. The van der Waals surface area contributed by atoms with E-state index in [1.807, 2.05) is 0 Å². The zero-order chi connectivity index (χ0) is 26.4. The van der Waals surface area contributed by atoms with Crippen molar-refractivity contribution in [2.24, 2.45) is 5.92 Å². The van der Waals surface area contributed by atoms with Gasteiger partial charge in [-0.2, -0.15) is 0 Å². The van der Waals surface area contributed by atoms with Gasteiger partial charge >= 0.3 is 5.97 Å². The van der Waals surface area contributed by atoms with Crippen LogP contribution in [0, 0.1) is 26.1 Å². The number of benzene rings is 2. The maximum absolute atomic E-state index is 12.3. The molecule has 15 heteroatoms. The lowest BCUT2D eigenvalue weighted by Crippen LogP contribution is -2.43. The average Bonchev–Trinajstić information content (AvgIpc) is 3.22. The van der Waals surface area contributed by atoms with Crippen LogP contribution in [0.4, 0.5) is 17.1 Å². The lowest BCUT2D eigenvalue weighted by molar-refractivity contribution is -0.384. The van der Waals surface area contributed by atoms with Crippen LogP contribution in [0.25, 0.3) is 0 Å². The fourth-order valence-corrected chi connectivity index (χ4v) is 3.24. The van der Waals surface area contributed by atoms with E-state index in [4.69, 9.17) is 9.47 Å². The number of hydrogen-bond acceptors (Lipinski definition) is 10. The predicted molar refractivity (Wildman–Crippen MR) is 120 cm³/mol. The number of nitro benzene ring substituents is 2. The van der Waals surface area contributed by atoms with Crippen LogP contribution in [-0.4, -0.2) is 58.8 Å². The number of anilines is 1. The summed E-state index contributed by atoms with van der Waals surface area (Å²) in [5.41, 5.74) is 1.61. The molecule has 2 aromatic rings. The van der Waals surface area contributed by atoms with Crippen molar-refractivity contribution in [1.29, 1.82) is 0 Å². The number of nitro groups is 2. The molecular formula is C21H19N5O10. The van der Waals surface area contributed by atoms with Gasteiger partial charge in [0.15, 0.2) is 6.61 Å². The molecule has 1 saturated heterocycles. The Kier molecular flexibility index (Phi) is 7.73. The number of nitrogens with one attached hydrogen (secondary N) is 2. The van der Waals surface area contributed by atoms with Crippen LogP contribution in [0.3, 0.4) is 0 Å². The first kappa shape index (κ1) is 25.5. The highest BCUT2D eigenvalue weighted by Gasteiger charge is 2.37. The lowest BCUT2D eigenvalue weighted by atomic mass is 10.1. The summed E-state index contributed by atoms with van der Waals surface area (Å²) >= 11 is 0. The number of carbonyl (C=O) groups is 4. The van der Waals surface area contributed by atoms with Crippen molar-refractivity contribution < 1.29 is 38.5 Å². The van der Waals surface area contributed by atoms with Crippen molar-refractivity contribution in [2.45, 2.75) is 6.42 Å². The summed E-state index contributed by atoms with van der Waals surface area (Å²) in [7, 11) is 1.34. The first-order valence-corrected chi connectivity index (χ1v) is 10.2. The molecule has 1 atom stereocenters. The zero-order valence-corrected chi connectivity index (χ0v) is 18.7. The molecule has 188 valence electrons. The Morgan fingerprint density at radius 1 is 1.08 bits per heavy atom. The maximum atomic E-state index is 12.3. The predicted octanol–water partition coefficient (Wildman–Crippen LogP) is 1.19. The molecule has 1 aliphatic rings. The Morgan fingerprint density at radius 2 is 1.78 bits per heavy atom. The minimum atomic E-state index is -0.978. The first-order valence-electron chi connectivity index (χ1n) is 10.2. The lowest BCUT2D eigenvalue weighted by Gasteiger charge is -2.17. The van der Waals surface area contributed by atoms with E-state index in [1.165, 1.54) is 31.4 Å². The van der Waals surface area contributed by atoms with Crippen LogP contribution in [0.5, 0.6) is 5.75 Å². The number of methoxy groups -OCH3 is 1. The largest absolute Gasteiger partial charge is 0.497 e. The number of esters is 1. The number of nitrogens with zero attached hydrogens (tertiary/aromatic N) is 3. The van der Waals surface area contributed by atoms with Gasteiger partial charge in [0.1, 0.15) is 11.4 Å². The topological polar surface area (TPSA) is 200 Å². The van der Waals surface area contributed by atoms with Crippen LogP contribution in [-0.2, 0) is 19.1 Å². The van der Waals surface area contributed by atoms with Gasteiger partial charge in [-0.15, -0.1) is 0 Å². The monoisotopic (exact) mass is 501 g/mol. The average molecular weight is 501 g/mol. The van der Waals surface area contributed by atoms with E-state index in [0.717, 1.165) is 23.2 Å². The Bertz CT molecular complexity index is 1230. The molecule has 2 N–H and O–H groups in total. The van der Waals surface area contributed by atoms with E-state index in [-0.39, 0.29) is 35.7 Å². The molecule has 36 heavy (non-hydrogen) atoms. The van der Waals surface area contributed by atoms with E-state index < -0.39 is 51.7 Å². The van der Waals surface area contributed by atoms with Crippen LogP contribution in [0.2, 0.25) is 0 Å². The first-order chi connectivity index (χ1) is 17.1. The summed E-state index contributed by atoms with van der Waals surface area (Å²) < 4.78 is 9.91. The standard InChI is InChI=1S/C21H19N5O10/c1-35-15-6-7-17(26(33)34)16(9-15)22-18(27)11-36-21(30)13-8-19(28)24(10-13)23-20(29)12-2-4-14(5-3-12)25(31)32/h2-7,9,13H,8,10-11H2,1H3,(H,22,27)(H,23,29)/t13-/m0/s1. The fraction of sp³-hybridized carbons (Fsp3) is 0.238. The molecule has 0 spiro atoms. The Hall–Kier alpha value is -5.08. The van der Waals surface area contributed by atoms with Gasteiger partial charge in [0.2, 0.25) is 5.91 Å². The van der Waals surface area contributed by atoms with E-state index in [1.54, 1.807) is 0 Å². The highest BCUT2D eigenvalue weighted by Crippen LogP contribution is 2.28. The van der Waals surface area contributed by atoms with Crippen LogP contribution >= 0.6 is 0 Å². The summed E-state index contributed by atoms with van der Waals surface area (Å²) in [5, 5.41) is 25.0. The minimum absolute atomic E-state index is 0.0581. The molecule has 3 amide bonds. The molecule has 1 heterocycles. The SMILES string of the molecule is COc1ccc([N+](=O)[O-])c(NC(=O)COC(=O)[C@H]2CC(=O)N(NC(=O)c3ccc([N+](=O)[O-])cc3)C2)c1. The second kappa shape index (κ2) is 10.9. The van der Waals surface area contributed by atoms with Gasteiger partial charge in [-0.25, -0.2) is 0 Å². The van der Waals surface area contributed by atoms with Crippen molar-refractivity contribution in [3.63, 3.8) is 0 Å². The summed E-state index contributed by atoms with van der Waals surface area (Å²) in [5.74, 6) is -3.75. The van der Waals surface area contributed by atoms with E-state index >= 15 is 0 Å². The summed E-state index contributed by atoms with van der Waals surface area (Å²) in [6.07, 6.45) is -0.289. The Balaban J connectivity index is 1.53. The second-order valence-electron chi connectivity index (χ2n) is 7.45. The van der Waals surface area contributed by atoms with Crippen LogP contribution in [0.15, 0.2) is 42.5 Å². The normalized spacial score (nSPS) is 14.6. The molecule has 0 unspecified atom stereocenters. The number of non-ortho nitro benzene ring substituents is 1. The Morgan fingerprint density at radius 3 is 2.39 bits per heavy atom. The quantitative estimate of drug-likeness (QED) is 0.285. The molecule has 0 aliphatic carbocycles. The molecule has 0 saturated carbocycles. The number of hydrogen-bond donors (Lipinski definition) is 2. The van der Waals surface area contributed by atoms with Gasteiger partial charge in [-0.1, -0.05) is 0 Å². The minimum Gasteiger partial charge on any atom is -0.497 e. The van der Waals surface area contributed by atoms with Crippen molar-refractivity contribution >= 4 is 40.8 Å². The number of ether oxygens (including phenoxy) is 2. The van der Waals surface area contributed by atoms with Gasteiger partial charge in [0.25, 0.3) is 23.2 Å². The molecule has 2 aromatic carbocycles. The molecular weight excluding hydrogens is 482 g/mol. The molecule has 0 radical (unpaired) electrons.